The first-order valence-electron chi connectivity index (χ1n) is 4.68. The number of nitrogens with one attached hydrogen (secondary N) is 2. The Bertz CT molecular complexity index is 315. The monoisotopic (exact) mass is 194 g/mol. The SMILES string of the molecule is CNCNc1ccc2c(c1)OCCO2. The number of anilines is 1. The molecule has 0 amide bonds. The van der Waals surface area contributed by atoms with Crippen LogP contribution in [0.3, 0.4) is 0 Å². The topological polar surface area (TPSA) is 42.5 Å². The Hall–Kier alpha value is -1.42. The average Bonchev–Trinajstić information content (AvgIpc) is 2.26. The predicted octanol–water partition coefficient (Wildman–Crippen LogP) is 1.05. The largest absolute Gasteiger partial charge is 0.486 e. The van der Waals surface area contributed by atoms with Gasteiger partial charge in [0.1, 0.15) is 13.2 Å². The summed E-state index contributed by atoms with van der Waals surface area (Å²) in [5, 5.41) is 6.21. The fourth-order valence-electron chi connectivity index (χ4n) is 1.34. The molecule has 4 nitrogen and oxygen atoms in total. The zero-order valence-electron chi connectivity index (χ0n) is 8.17. The van der Waals surface area contributed by atoms with Crippen LogP contribution in [-0.4, -0.2) is 26.9 Å². The Kier molecular flexibility index (Phi) is 2.74. The van der Waals surface area contributed by atoms with Crippen molar-refractivity contribution >= 4 is 5.69 Å². The van der Waals surface area contributed by atoms with Crippen molar-refractivity contribution in [3.63, 3.8) is 0 Å². The van der Waals surface area contributed by atoms with Crippen molar-refractivity contribution in [1.29, 1.82) is 0 Å². The molecule has 0 bridgehead atoms. The minimum atomic E-state index is 0.627. The van der Waals surface area contributed by atoms with E-state index in [1.165, 1.54) is 0 Å². The first-order valence-corrected chi connectivity index (χ1v) is 4.68. The van der Waals surface area contributed by atoms with Crippen LogP contribution in [0.25, 0.3) is 0 Å². The highest BCUT2D eigenvalue weighted by atomic mass is 16.6. The van der Waals surface area contributed by atoms with Crippen molar-refractivity contribution in [2.45, 2.75) is 0 Å². The van der Waals surface area contributed by atoms with E-state index in [0.29, 0.717) is 13.2 Å². The summed E-state index contributed by atoms with van der Waals surface area (Å²) in [4.78, 5) is 0. The molecule has 0 unspecified atom stereocenters. The highest BCUT2D eigenvalue weighted by Crippen LogP contribution is 2.32. The molecule has 4 heteroatoms. The highest BCUT2D eigenvalue weighted by Gasteiger charge is 2.10. The third kappa shape index (κ3) is 1.90. The molecule has 0 saturated carbocycles. The molecule has 14 heavy (non-hydrogen) atoms. The van der Waals surface area contributed by atoms with Crippen LogP contribution < -0.4 is 20.1 Å². The van der Waals surface area contributed by atoms with Gasteiger partial charge in [-0.3, -0.25) is 0 Å². The van der Waals surface area contributed by atoms with Gasteiger partial charge in [0.2, 0.25) is 0 Å². The zero-order valence-corrected chi connectivity index (χ0v) is 8.17. The van der Waals surface area contributed by atoms with Crippen molar-refractivity contribution in [3.05, 3.63) is 18.2 Å². The van der Waals surface area contributed by atoms with Gasteiger partial charge in [-0.05, 0) is 19.2 Å². The molecule has 0 fully saturated rings. The Morgan fingerprint density at radius 3 is 2.79 bits per heavy atom. The number of rotatable bonds is 3. The Labute approximate surface area is 83.2 Å². The Balaban J connectivity index is 2.12. The molecule has 0 spiro atoms. The number of hydrogen-bond donors (Lipinski definition) is 2. The maximum Gasteiger partial charge on any atom is 0.163 e. The molecule has 1 aromatic rings. The summed E-state index contributed by atoms with van der Waals surface area (Å²) in [7, 11) is 1.89. The summed E-state index contributed by atoms with van der Waals surface area (Å²) in [5.74, 6) is 1.64. The number of hydrogen-bond acceptors (Lipinski definition) is 4. The van der Waals surface area contributed by atoms with E-state index in [9.17, 15) is 0 Å². The highest BCUT2D eigenvalue weighted by molar-refractivity contribution is 5.55. The average molecular weight is 194 g/mol. The summed E-state index contributed by atoms with van der Waals surface area (Å²) in [6, 6.07) is 5.85. The summed E-state index contributed by atoms with van der Waals surface area (Å²) >= 11 is 0. The second kappa shape index (κ2) is 4.19. The van der Waals surface area contributed by atoms with Crippen molar-refractivity contribution < 1.29 is 9.47 Å². The van der Waals surface area contributed by atoms with Gasteiger partial charge in [-0.15, -0.1) is 0 Å². The first-order chi connectivity index (χ1) is 6.90. The third-order valence-electron chi connectivity index (χ3n) is 2.01. The Morgan fingerprint density at radius 1 is 1.21 bits per heavy atom. The van der Waals surface area contributed by atoms with Gasteiger partial charge in [-0.2, -0.15) is 0 Å². The van der Waals surface area contributed by atoms with Gasteiger partial charge in [0.25, 0.3) is 0 Å². The van der Waals surface area contributed by atoms with E-state index < -0.39 is 0 Å². The van der Waals surface area contributed by atoms with E-state index in [2.05, 4.69) is 10.6 Å². The summed E-state index contributed by atoms with van der Waals surface area (Å²) in [5.41, 5.74) is 1.03. The minimum Gasteiger partial charge on any atom is -0.486 e. The quantitative estimate of drug-likeness (QED) is 0.706. The summed E-state index contributed by atoms with van der Waals surface area (Å²) in [6.07, 6.45) is 0. The first kappa shape index (κ1) is 9.15. The van der Waals surface area contributed by atoms with E-state index in [1.54, 1.807) is 0 Å². The fraction of sp³-hybridized carbons (Fsp3) is 0.400. The Morgan fingerprint density at radius 2 is 2.00 bits per heavy atom. The smallest absolute Gasteiger partial charge is 0.163 e. The van der Waals surface area contributed by atoms with Crippen molar-refractivity contribution in [3.8, 4) is 11.5 Å². The van der Waals surface area contributed by atoms with Crippen molar-refractivity contribution in [1.82, 2.24) is 5.32 Å². The van der Waals surface area contributed by atoms with Crippen molar-refractivity contribution in [2.75, 3.05) is 32.2 Å². The molecule has 0 aliphatic carbocycles. The second-order valence-electron chi connectivity index (χ2n) is 3.07. The third-order valence-corrected chi connectivity index (χ3v) is 2.01. The van der Waals surface area contributed by atoms with Crippen LogP contribution in [0.2, 0.25) is 0 Å². The number of benzene rings is 1. The lowest BCUT2D eigenvalue weighted by atomic mass is 10.2. The van der Waals surface area contributed by atoms with E-state index in [0.717, 1.165) is 23.9 Å². The lowest BCUT2D eigenvalue weighted by Crippen LogP contribution is -2.18. The van der Waals surface area contributed by atoms with Crippen LogP contribution in [0.4, 0.5) is 5.69 Å². The molecule has 0 aromatic heterocycles. The van der Waals surface area contributed by atoms with Gasteiger partial charge in [0.05, 0.1) is 6.67 Å². The molecule has 2 N–H and O–H groups in total. The molecular formula is C10H14N2O2. The van der Waals surface area contributed by atoms with Gasteiger partial charge >= 0.3 is 0 Å². The van der Waals surface area contributed by atoms with Gasteiger partial charge in [-0.1, -0.05) is 0 Å². The molecule has 1 aliphatic rings. The van der Waals surface area contributed by atoms with Crippen LogP contribution in [0.1, 0.15) is 0 Å². The van der Waals surface area contributed by atoms with Gasteiger partial charge in [0, 0.05) is 11.8 Å². The predicted molar refractivity (Wildman–Crippen MR) is 55.0 cm³/mol. The second-order valence-corrected chi connectivity index (χ2v) is 3.07. The van der Waals surface area contributed by atoms with Crippen LogP contribution >= 0.6 is 0 Å². The summed E-state index contributed by atoms with van der Waals surface area (Å²) in [6.45, 7) is 2.00. The lowest BCUT2D eigenvalue weighted by Gasteiger charge is -2.19. The molecule has 1 aromatic carbocycles. The van der Waals surface area contributed by atoms with E-state index in [1.807, 2.05) is 25.2 Å². The van der Waals surface area contributed by atoms with Crippen LogP contribution in [0, 0.1) is 0 Å². The summed E-state index contributed by atoms with van der Waals surface area (Å²) < 4.78 is 10.9. The fourth-order valence-corrected chi connectivity index (χ4v) is 1.34. The number of ether oxygens (including phenoxy) is 2. The van der Waals surface area contributed by atoms with Crippen LogP contribution in [-0.2, 0) is 0 Å². The molecule has 1 heterocycles. The molecule has 0 saturated heterocycles. The standard InChI is InChI=1S/C10H14N2O2/c1-11-7-12-8-2-3-9-10(6-8)14-5-4-13-9/h2-3,6,11-12H,4-5,7H2,1H3. The van der Waals surface area contributed by atoms with Crippen LogP contribution in [0.5, 0.6) is 11.5 Å². The number of fused-ring (bicyclic) bond motifs is 1. The van der Waals surface area contributed by atoms with E-state index in [4.69, 9.17) is 9.47 Å². The molecule has 76 valence electrons. The maximum atomic E-state index is 5.46. The van der Waals surface area contributed by atoms with Crippen LogP contribution in [0.15, 0.2) is 18.2 Å². The lowest BCUT2D eigenvalue weighted by molar-refractivity contribution is 0.171. The molecule has 2 rings (SSSR count). The van der Waals surface area contributed by atoms with Crippen molar-refractivity contribution in [2.24, 2.45) is 0 Å². The van der Waals surface area contributed by atoms with Gasteiger partial charge in [-0.25, -0.2) is 0 Å². The van der Waals surface area contributed by atoms with E-state index in [-0.39, 0.29) is 0 Å². The molecule has 0 atom stereocenters. The van der Waals surface area contributed by atoms with Gasteiger partial charge < -0.3 is 20.1 Å². The normalized spacial score (nSPS) is 13.8. The minimum absolute atomic E-state index is 0.627. The van der Waals surface area contributed by atoms with E-state index >= 15 is 0 Å². The molecule has 0 radical (unpaired) electrons. The molecule has 1 aliphatic heterocycles. The van der Waals surface area contributed by atoms with Gasteiger partial charge in [0.15, 0.2) is 11.5 Å². The molecular weight excluding hydrogens is 180 g/mol. The zero-order chi connectivity index (χ0) is 9.80. The maximum absolute atomic E-state index is 5.46.